The summed E-state index contributed by atoms with van der Waals surface area (Å²) >= 11 is 0. The van der Waals surface area contributed by atoms with Gasteiger partial charge >= 0.3 is 0 Å². The molecule has 0 fully saturated rings. The van der Waals surface area contributed by atoms with E-state index >= 15 is 0 Å². The Kier molecular flexibility index (Phi) is 7.12. The van der Waals surface area contributed by atoms with Crippen molar-refractivity contribution in [2.75, 3.05) is 27.3 Å². The van der Waals surface area contributed by atoms with Crippen LogP contribution in [0.25, 0.3) is 4.85 Å². The van der Waals surface area contributed by atoms with Crippen LogP contribution < -0.4 is 0 Å². The van der Waals surface area contributed by atoms with Crippen LogP contribution in [-0.4, -0.2) is 38.0 Å². The van der Waals surface area contributed by atoms with Gasteiger partial charge in [-0.3, -0.25) is 0 Å². The zero-order chi connectivity index (χ0) is 10.3. The first-order valence-corrected chi connectivity index (χ1v) is 5.29. The van der Waals surface area contributed by atoms with Gasteiger partial charge in [0.2, 0.25) is 6.54 Å². The molecule has 1 atom stereocenters. The molecule has 0 aromatic rings. The molecule has 13 heavy (non-hydrogen) atoms. The molecule has 4 nitrogen and oxygen atoms in total. The van der Waals surface area contributed by atoms with E-state index in [0.717, 1.165) is 0 Å². The van der Waals surface area contributed by atoms with E-state index in [1.165, 1.54) is 0 Å². The Labute approximate surface area is 81.6 Å². The lowest BCUT2D eigenvalue weighted by Gasteiger charge is -2.27. The summed E-state index contributed by atoms with van der Waals surface area (Å²) < 4.78 is 12.6. The van der Waals surface area contributed by atoms with Crippen molar-refractivity contribution in [2.24, 2.45) is 0 Å². The summed E-state index contributed by atoms with van der Waals surface area (Å²) in [5, 5.41) is 0. The third-order valence-corrected chi connectivity index (χ3v) is 3.26. The van der Waals surface area contributed by atoms with Crippen LogP contribution in [0.4, 0.5) is 0 Å². The van der Waals surface area contributed by atoms with Crippen molar-refractivity contribution in [2.45, 2.75) is 19.9 Å². The highest BCUT2D eigenvalue weighted by molar-refractivity contribution is 7.44. The van der Waals surface area contributed by atoms with Gasteiger partial charge < -0.3 is 13.9 Å². The van der Waals surface area contributed by atoms with Crippen molar-refractivity contribution in [3.63, 3.8) is 0 Å². The largest absolute Gasteiger partial charge is 0.325 e. The molecule has 0 aromatic carbocycles. The predicted molar refractivity (Wildman–Crippen MR) is 54.2 cm³/mol. The van der Waals surface area contributed by atoms with Crippen LogP contribution in [0.1, 0.15) is 13.8 Å². The molecular weight excluding hydrogens is 187 g/mol. The number of rotatable bonds is 6. The summed E-state index contributed by atoms with van der Waals surface area (Å²) in [5.41, 5.74) is 0. The molecule has 0 amide bonds. The molecule has 0 rings (SSSR count). The summed E-state index contributed by atoms with van der Waals surface area (Å²) in [6.07, 6.45) is 0. The van der Waals surface area contributed by atoms with Gasteiger partial charge in [-0.25, -0.2) is 11.2 Å². The van der Waals surface area contributed by atoms with Gasteiger partial charge in [-0.05, 0) is 20.9 Å². The number of hydrogen-bond donors (Lipinski definition) is 0. The SMILES string of the molecule is [C-]#[N+]CCOP(OC)N(C)C(C)C. The van der Waals surface area contributed by atoms with E-state index in [2.05, 4.69) is 18.7 Å². The summed E-state index contributed by atoms with van der Waals surface area (Å²) in [4.78, 5) is 3.21. The van der Waals surface area contributed by atoms with Crippen LogP contribution in [0.3, 0.4) is 0 Å². The minimum atomic E-state index is -0.981. The number of nitrogens with zero attached hydrogens (tertiary/aromatic N) is 2. The Morgan fingerprint density at radius 3 is 2.54 bits per heavy atom. The standard InChI is InChI=1S/C8H17N2O2P/c1-8(2)10(4)13(11-5)12-7-6-9-3/h8H,6-7H2,1-2,4-5H3. The van der Waals surface area contributed by atoms with E-state index < -0.39 is 8.53 Å². The lowest BCUT2D eigenvalue weighted by Crippen LogP contribution is -2.22. The smallest absolute Gasteiger partial charge is 0.258 e. The molecule has 0 aromatic heterocycles. The Hall–Kier alpha value is -0.200. The van der Waals surface area contributed by atoms with Crippen molar-refractivity contribution in [3.05, 3.63) is 11.4 Å². The van der Waals surface area contributed by atoms with Gasteiger partial charge in [0.15, 0.2) is 0 Å². The predicted octanol–water partition coefficient (Wildman–Crippen LogP) is 2.14. The number of hydrogen-bond acceptors (Lipinski definition) is 3. The van der Waals surface area contributed by atoms with Crippen molar-refractivity contribution in [3.8, 4) is 0 Å². The first kappa shape index (κ1) is 12.8. The van der Waals surface area contributed by atoms with Crippen LogP contribution in [-0.2, 0) is 9.05 Å². The van der Waals surface area contributed by atoms with Crippen LogP contribution in [0, 0.1) is 6.57 Å². The van der Waals surface area contributed by atoms with Crippen LogP contribution in [0.5, 0.6) is 0 Å². The minimum Gasteiger partial charge on any atom is -0.325 e. The van der Waals surface area contributed by atoms with Crippen molar-refractivity contribution >= 4 is 8.53 Å². The van der Waals surface area contributed by atoms with E-state index in [0.29, 0.717) is 19.2 Å². The second-order valence-electron chi connectivity index (χ2n) is 2.80. The summed E-state index contributed by atoms with van der Waals surface area (Å²) in [6, 6.07) is 0.388. The minimum absolute atomic E-state index is 0.388. The molecule has 0 aliphatic heterocycles. The fourth-order valence-electron chi connectivity index (χ4n) is 0.626. The molecule has 0 aliphatic carbocycles. The molecule has 0 spiro atoms. The van der Waals surface area contributed by atoms with Gasteiger partial charge in [0.1, 0.15) is 6.61 Å². The van der Waals surface area contributed by atoms with E-state index in [1.54, 1.807) is 7.11 Å². The van der Waals surface area contributed by atoms with Gasteiger partial charge in [0.25, 0.3) is 8.53 Å². The lowest BCUT2D eigenvalue weighted by atomic mass is 10.4. The quantitative estimate of drug-likeness (QED) is 0.376. The van der Waals surface area contributed by atoms with Crippen molar-refractivity contribution in [1.82, 2.24) is 4.67 Å². The maximum atomic E-state index is 6.59. The molecule has 0 radical (unpaired) electrons. The zero-order valence-corrected chi connectivity index (χ0v) is 9.54. The second-order valence-corrected chi connectivity index (χ2v) is 4.53. The Bertz CT molecular complexity index is 170. The highest BCUT2D eigenvalue weighted by Crippen LogP contribution is 2.41. The second kappa shape index (κ2) is 7.23. The van der Waals surface area contributed by atoms with Crippen molar-refractivity contribution < 1.29 is 9.05 Å². The summed E-state index contributed by atoms with van der Waals surface area (Å²) in [5.74, 6) is 0. The molecule has 0 saturated carbocycles. The van der Waals surface area contributed by atoms with E-state index in [9.17, 15) is 0 Å². The molecule has 5 heteroatoms. The van der Waals surface area contributed by atoms with Crippen molar-refractivity contribution in [1.29, 1.82) is 0 Å². The zero-order valence-electron chi connectivity index (χ0n) is 8.65. The maximum Gasteiger partial charge on any atom is 0.258 e. The summed E-state index contributed by atoms with van der Waals surface area (Å²) in [7, 11) is 2.60. The fourth-order valence-corrected chi connectivity index (χ4v) is 1.79. The highest BCUT2D eigenvalue weighted by Gasteiger charge is 2.18. The van der Waals surface area contributed by atoms with Gasteiger partial charge in [-0.1, -0.05) is 0 Å². The molecule has 1 unspecified atom stereocenters. The van der Waals surface area contributed by atoms with Crippen LogP contribution >= 0.6 is 8.53 Å². The molecule has 0 heterocycles. The van der Waals surface area contributed by atoms with E-state index in [-0.39, 0.29) is 0 Å². The first-order valence-electron chi connectivity index (χ1n) is 4.16. The Morgan fingerprint density at radius 1 is 1.54 bits per heavy atom. The van der Waals surface area contributed by atoms with Crippen LogP contribution in [0.2, 0.25) is 0 Å². The van der Waals surface area contributed by atoms with Gasteiger partial charge in [0.05, 0.1) is 0 Å². The molecule has 0 saturated heterocycles. The third-order valence-electron chi connectivity index (χ3n) is 1.57. The molecular formula is C8H17N2O2P. The maximum absolute atomic E-state index is 6.59. The average Bonchev–Trinajstić information content (AvgIpc) is 2.11. The Balaban J connectivity index is 3.82. The molecule has 0 aliphatic rings. The highest BCUT2D eigenvalue weighted by atomic mass is 31.2. The lowest BCUT2D eigenvalue weighted by molar-refractivity contribution is 0.238. The van der Waals surface area contributed by atoms with Gasteiger partial charge in [-0.2, -0.15) is 0 Å². The normalized spacial score (nSPS) is 13.3. The van der Waals surface area contributed by atoms with Crippen LogP contribution in [0.15, 0.2) is 0 Å². The first-order chi connectivity index (χ1) is 6.13. The molecule has 0 N–H and O–H groups in total. The fraction of sp³-hybridized carbons (Fsp3) is 0.875. The molecule has 76 valence electrons. The molecule has 0 bridgehead atoms. The van der Waals surface area contributed by atoms with E-state index in [1.807, 2.05) is 11.7 Å². The van der Waals surface area contributed by atoms with Gasteiger partial charge in [-0.15, -0.1) is 0 Å². The monoisotopic (exact) mass is 204 g/mol. The third kappa shape index (κ3) is 5.17. The Morgan fingerprint density at radius 2 is 2.15 bits per heavy atom. The topological polar surface area (TPSA) is 26.1 Å². The average molecular weight is 204 g/mol. The van der Waals surface area contributed by atoms with E-state index in [4.69, 9.17) is 15.6 Å². The summed E-state index contributed by atoms with van der Waals surface area (Å²) in [6.45, 7) is 11.6. The van der Waals surface area contributed by atoms with Gasteiger partial charge in [0, 0.05) is 13.2 Å².